The van der Waals surface area contributed by atoms with Crippen molar-refractivity contribution >= 4 is 12.2 Å². The highest BCUT2D eigenvalue weighted by Gasteiger charge is 1.89. The molecule has 0 saturated carbocycles. The minimum atomic E-state index is 0.490. The van der Waals surface area contributed by atoms with E-state index in [0.717, 1.165) is 10.7 Å². The number of nitrogens with zero attached hydrogens (tertiary/aromatic N) is 2. The largest absolute Gasteiger partial charge is 0.253 e. The van der Waals surface area contributed by atoms with Gasteiger partial charge in [0.25, 0.3) is 0 Å². The summed E-state index contributed by atoms with van der Waals surface area (Å²) in [6.45, 7) is 6.25. The number of hydrogen-bond acceptors (Lipinski definition) is 2. The Kier molecular flexibility index (Phi) is 4.05. The lowest BCUT2D eigenvalue weighted by atomic mass is 10.2. The average Bonchev–Trinajstić information content (AvgIpc) is 2.16. The molecule has 0 amide bonds. The van der Waals surface area contributed by atoms with E-state index >= 15 is 0 Å². The molecule has 2 nitrogen and oxygen atoms in total. The Labute approximate surface area is 84.7 Å². The van der Waals surface area contributed by atoms with Crippen LogP contribution >= 0.6 is 0 Å². The Morgan fingerprint density at radius 1 is 1.14 bits per heavy atom. The number of aromatic nitrogens is 2. The van der Waals surface area contributed by atoms with Crippen molar-refractivity contribution in [2.24, 2.45) is 5.92 Å². The van der Waals surface area contributed by atoms with Crippen molar-refractivity contribution in [2.75, 3.05) is 0 Å². The Morgan fingerprint density at radius 2 is 1.79 bits per heavy atom. The lowest BCUT2D eigenvalue weighted by Gasteiger charge is -1.93. The van der Waals surface area contributed by atoms with Crippen LogP contribution in [0.5, 0.6) is 0 Å². The molecule has 14 heavy (non-hydrogen) atoms. The van der Waals surface area contributed by atoms with Crippen LogP contribution in [0.25, 0.3) is 12.2 Å². The molecule has 0 atom stereocenters. The Balaban J connectivity index is 3.30. The molecule has 1 heterocycles. The summed E-state index contributed by atoms with van der Waals surface area (Å²) in [5, 5.41) is 1.89. The monoisotopic (exact) mass is 188 g/mol. The van der Waals surface area contributed by atoms with Gasteiger partial charge in [-0.25, -0.2) is 0 Å². The summed E-state index contributed by atoms with van der Waals surface area (Å²) in [7, 11) is 0. The fourth-order valence-electron chi connectivity index (χ4n) is 1.12. The van der Waals surface area contributed by atoms with Crippen molar-refractivity contribution in [3.05, 3.63) is 35.2 Å². The van der Waals surface area contributed by atoms with E-state index in [0.29, 0.717) is 5.92 Å². The van der Waals surface area contributed by atoms with Crippen LogP contribution in [-0.2, 0) is 0 Å². The van der Waals surface area contributed by atoms with Crippen molar-refractivity contribution < 1.29 is 0 Å². The second-order valence-electron chi connectivity index (χ2n) is 3.43. The van der Waals surface area contributed by atoms with Gasteiger partial charge in [-0.15, -0.1) is 0 Å². The molecule has 74 valence electrons. The van der Waals surface area contributed by atoms with Gasteiger partial charge in [0.15, 0.2) is 0 Å². The standard InChI is InChI=1S/C12H16N2/c1-4-5-6-11-12(9-10(2)3)14-8-7-13-11/h4-10H,1-3H3/b5-4-,11-6+,12-9+. The summed E-state index contributed by atoms with van der Waals surface area (Å²) >= 11 is 0. The predicted octanol–water partition coefficient (Wildman–Crippen LogP) is 1.27. The summed E-state index contributed by atoms with van der Waals surface area (Å²) in [4.78, 5) is 8.56. The van der Waals surface area contributed by atoms with Crippen LogP contribution in [-0.4, -0.2) is 9.97 Å². The van der Waals surface area contributed by atoms with E-state index in [-0.39, 0.29) is 0 Å². The number of allylic oxidation sites excluding steroid dienone is 2. The molecule has 0 aliphatic carbocycles. The minimum absolute atomic E-state index is 0.490. The molecular weight excluding hydrogens is 172 g/mol. The predicted molar refractivity (Wildman–Crippen MR) is 59.9 cm³/mol. The van der Waals surface area contributed by atoms with Gasteiger partial charge in [0.1, 0.15) is 0 Å². The van der Waals surface area contributed by atoms with Gasteiger partial charge in [-0.1, -0.05) is 32.1 Å². The van der Waals surface area contributed by atoms with Gasteiger partial charge in [0.05, 0.1) is 10.7 Å². The van der Waals surface area contributed by atoms with Crippen LogP contribution in [0.4, 0.5) is 0 Å². The van der Waals surface area contributed by atoms with E-state index in [1.54, 1.807) is 12.4 Å². The molecule has 0 N–H and O–H groups in total. The first kappa shape index (κ1) is 10.6. The molecule has 2 heteroatoms. The normalized spacial score (nSPS) is 14.6. The van der Waals surface area contributed by atoms with Crippen LogP contribution in [0.15, 0.2) is 24.5 Å². The molecule has 0 saturated heterocycles. The van der Waals surface area contributed by atoms with Crippen LogP contribution in [0.2, 0.25) is 0 Å². The molecule has 1 aromatic rings. The van der Waals surface area contributed by atoms with Gasteiger partial charge in [-0.05, 0) is 18.9 Å². The zero-order chi connectivity index (χ0) is 10.4. The maximum Gasteiger partial charge on any atom is 0.0883 e. The van der Waals surface area contributed by atoms with Crippen molar-refractivity contribution in [1.82, 2.24) is 9.97 Å². The number of hydrogen-bond donors (Lipinski definition) is 0. The first-order valence-electron chi connectivity index (χ1n) is 4.86. The van der Waals surface area contributed by atoms with Crippen molar-refractivity contribution in [1.29, 1.82) is 0 Å². The van der Waals surface area contributed by atoms with Crippen molar-refractivity contribution in [3.63, 3.8) is 0 Å². The van der Waals surface area contributed by atoms with Gasteiger partial charge in [0.2, 0.25) is 0 Å². The molecular formula is C12H16N2. The Hall–Kier alpha value is -1.44. The highest BCUT2D eigenvalue weighted by Crippen LogP contribution is 1.89. The maximum absolute atomic E-state index is 4.29. The zero-order valence-corrected chi connectivity index (χ0v) is 8.94. The minimum Gasteiger partial charge on any atom is -0.253 e. The van der Waals surface area contributed by atoms with Gasteiger partial charge in [0, 0.05) is 12.4 Å². The third-order valence-electron chi connectivity index (χ3n) is 1.69. The van der Waals surface area contributed by atoms with E-state index < -0.39 is 0 Å². The second-order valence-corrected chi connectivity index (χ2v) is 3.43. The van der Waals surface area contributed by atoms with Gasteiger partial charge in [-0.2, -0.15) is 0 Å². The highest BCUT2D eigenvalue weighted by molar-refractivity contribution is 5.35. The van der Waals surface area contributed by atoms with Crippen molar-refractivity contribution in [2.45, 2.75) is 20.8 Å². The number of rotatable bonds is 2. The molecule has 1 aromatic heterocycles. The second kappa shape index (κ2) is 5.32. The highest BCUT2D eigenvalue weighted by atomic mass is 14.8. The first-order valence-corrected chi connectivity index (χ1v) is 4.86. The van der Waals surface area contributed by atoms with E-state index in [1.807, 2.05) is 25.2 Å². The Bertz CT molecular complexity index is 416. The zero-order valence-electron chi connectivity index (χ0n) is 8.94. The third-order valence-corrected chi connectivity index (χ3v) is 1.69. The summed E-state index contributed by atoms with van der Waals surface area (Å²) in [6.07, 6.45) is 11.5. The summed E-state index contributed by atoms with van der Waals surface area (Å²) in [5.41, 5.74) is 0. The van der Waals surface area contributed by atoms with Crippen LogP contribution < -0.4 is 10.7 Å². The molecule has 0 aromatic carbocycles. The molecule has 0 spiro atoms. The van der Waals surface area contributed by atoms with E-state index in [1.165, 1.54) is 0 Å². The Morgan fingerprint density at radius 3 is 2.36 bits per heavy atom. The molecule has 0 bridgehead atoms. The van der Waals surface area contributed by atoms with Crippen LogP contribution in [0.3, 0.4) is 0 Å². The fourth-order valence-corrected chi connectivity index (χ4v) is 1.12. The molecule has 0 aliphatic rings. The molecule has 0 fully saturated rings. The average molecular weight is 188 g/mol. The topological polar surface area (TPSA) is 25.8 Å². The van der Waals surface area contributed by atoms with Gasteiger partial charge >= 0.3 is 0 Å². The molecule has 1 rings (SSSR count). The van der Waals surface area contributed by atoms with E-state index in [4.69, 9.17) is 0 Å². The lowest BCUT2D eigenvalue weighted by Crippen LogP contribution is -2.31. The lowest BCUT2D eigenvalue weighted by molar-refractivity contribution is 0.872. The van der Waals surface area contributed by atoms with E-state index in [9.17, 15) is 0 Å². The van der Waals surface area contributed by atoms with Crippen molar-refractivity contribution in [3.8, 4) is 0 Å². The smallest absolute Gasteiger partial charge is 0.0883 e. The van der Waals surface area contributed by atoms with Crippen LogP contribution in [0.1, 0.15) is 20.8 Å². The summed E-state index contributed by atoms with van der Waals surface area (Å²) in [5.74, 6) is 0.490. The van der Waals surface area contributed by atoms with E-state index in [2.05, 4.69) is 29.9 Å². The maximum atomic E-state index is 4.29. The summed E-state index contributed by atoms with van der Waals surface area (Å²) < 4.78 is 0. The molecule has 0 unspecified atom stereocenters. The third kappa shape index (κ3) is 3.13. The first-order chi connectivity index (χ1) is 6.74. The fraction of sp³-hybridized carbons (Fsp3) is 0.333. The van der Waals surface area contributed by atoms with Gasteiger partial charge in [-0.3, -0.25) is 9.97 Å². The molecule has 0 radical (unpaired) electrons. The van der Waals surface area contributed by atoms with Gasteiger partial charge < -0.3 is 0 Å². The quantitative estimate of drug-likeness (QED) is 0.698. The van der Waals surface area contributed by atoms with Crippen LogP contribution in [0, 0.1) is 5.92 Å². The molecule has 0 aliphatic heterocycles. The SMILES string of the molecule is C\C=C/C=c1/nccn/c1=C/C(C)C. The summed E-state index contributed by atoms with van der Waals surface area (Å²) in [6, 6.07) is 0.